The van der Waals surface area contributed by atoms with Crippen molar-refractivity contribution >= 4 is 0 Å². The number of hydrogen-bond acceptors (Lipinski definition) is 10. The molecule has 0 aromatic heterocycles. The van der Waals surface area contributed by atoms with Crippen molar-refractivity contribution in [3.8, 4) is 23.0 Å². The van der Waals surface area contributed by atoms with E-state index in [0.717, 1.165) is 12.8 Å². The van der Waals surface area contributed by atoms with Gasteiger partial charge < -0.3 is 48.8 Å². The van der Waals surface area contributed by atoms with Crippen LogP contribution in [0, 0.1) is 47.3 Å². The number of fused-ring (bicyclic) bond motifs is 20. The van der Waals surface area contributed by atoms with Crippen LogP contribution < -0.4 is 18.9 Å². The number of benzene rings is 2. The number of rotatable bonds is 0. The SMILES string of the molecule is O[C@@H]1C2CC(C3C4COc5ccccc5OCC5OC(COc6ccccc6OCC(O4)C32)C2C5C3CC2[C@@H](O)[C@H]3O)[C@@H]1O. The first-order valence-corrected chi connectivity index (χ1v) is 16.2. The molecule has 44 heavy (non-hydrogen) atoms. The fourth-order valence-electron chi connectivity index (χ4n) is 10.5. The predicted octanol–water partition coefficient (Wildman–Crippen LogP) is 1.66. The predicted molar refractivity (Wildman–Crippen MR) is 153 cm³/mol. The Bertz CT molecular complexity index is 1190. The van der Waals surface area contributed by atoms with Crippen LogP contribution in [0.3, 0.4) is 0 Å². The van der Waals surface area contributed by atoms with Crippen LogP contribution in [0.25, 0.3) is 0 Å². The van der Waals surface area contributed by atoms with Gasteiger partial charge in [-0.15, -0.1) is 0 Å². The van der Waals surface area contributed by atoms with E-state index in [9.17, 15) is 20.4 Å². The highest BCUT2D eigenvalue weighted by atomic mass is 16.6. The van der Waals surface area contributed by atoms with Crippen molar-refractivity contribution in [3.63, 3.8) is 0 Å². The molecule has 236 valence electrons. The molecule has 4 aliphatic carbocycles. The van der Waals surface area contributed by atoms with Crippen LogP contribution in [0.4, 0.5) is 0 Å². The molecule has 10 nitrogen and oxygen atoms in total. The Morgan fingerprint density at radius 1 is 0.409 bits per heavy atom. The lowest BCUT2D eigenvalue weighted by atomic mass is 9.73. The van der Waals surface area contributed by atoms with Gasteiger partial charge in [0.15, 0.2) is 23.0 Å². The van der Waals surface area contributed by atoms with Gasteiger partial charge in [0.2, 0.25) is 0 Å². The highest BCUT2D eigenvalue weighted by Gasteiger charge is 2.66. The van der Waals surface area contributed by atoms with Gasteiger partial charge in [-0.05, 0) is 84.5 Å². The minimum absolute atomic E-state index is 0.0499. The van der Waals surface area contributed by atoms with Gasteiger partial charge in [0, 0.05) is 0 Å². The van der Waals surface area contributed by atoms with Gasteiger partial charge in [0.25, 0.3) is 0 Å². The lowest BCUT2D eigenvalue weighted by molar-refractivity contribution is -0.0572. The first kappa shape index (κ1) is 27.7. The van der Waals surface area contributed by atoms with Gasteiger partial charge in [0.1, 0.15) is 26.4 Å². The van der Waals surface area contributed by atoms with Crippen molar-refractivity contribution in [2.45, 2.75) is 61.7 Å². The van der Waals surface area contributed by atoms with E-state index in [1.165, 1.54) is 0 Å². The molecular weight excluding hydrogens is 568 g/mol. The van der Waals surface area contributed by atoms with Crippen LogP contribution in [-0.2, 0) is 9.47 Å². The van der Waals surface area contributed by atoms with Crippen molar-refractivity contribution in [1.29, 1.82) is 0 Å². The van der Waals surface area contributed by atoms with Gasteiger partial charge in [-0.2, -0.15) is 0 Å². The highest BCUT2D eigenvalue weighted by Crippen LogP contribution is 2.60. The lowest BCUT2D eigenvalue weighted by Crippen LogP contribution is -2.46. The number of aliphatic hydroxyl groups excluding tert-OH is 4. The topological polar surface area (TPSA) is 136 Å². The average Bonchev–Trinajstić information content (AvgIpc) is 3.86. The summed E-state index contributed by atoms with van der Waals surface area (Å²) in [6, 6.07) is 15.1. The molecule has 3 heterocycles. The van der Waals surface area contributed by atoms with Crippen molar-refractivity contribution in [2.75, 3.05) is 26.4 Å². The largest absolute Gasteiger partial charge is 0.487 e. The minimum Gasteiger partial charge on any atom is -0.487 e. The lowest BCUT2D eigenvalue weighted by Gasteiger charge is -2.35. The third-order valence-corrected chi connectivity index (χ3v) is 12.1. The number of aliphatic hydroxyl groups is 4. The number of para-hydroxylation sites is 4. The fraction of sp³-hybridized carbons (Fsp3) is 0.647. The number of hydrogen-bond donors (Lipinski definition) is 4. The molecule has 9 rings (SSSR count). The first-order chi connectivity index (χ1) is 21.5. The van der Waals surface area contributed by atoms with Gasteiger partial charge in [-0.25, -0.2) is 0 Å². The fourth-order valence-corrected chi connectivity index (χ4v) is 10.5. The highest BCUT2D eigenvalue weighted by molar-refractivity contribution is 5.40. The van der Waals surface area contributed by atoms with Crippen molar-refractivity contribution in [1.82, 2.24) is 0 Å². The van der Waals surface area contributed by atoms with Crippen LogP contribution in [-0.4, -0.2) is 95.7 Å². The van der Waals surface area contributed by atoms with Crippen LogP contribution >= 0.6 is 0 Å². The Labute approximate surface area is 255 Å². The quantitative estimate of drug-likeness (QED) is 0.350. The zero-order valence-corrected chi connectivity index (χ0v) is 24.3. The van der Waals surface area contributed by atoms with Gasteiger partial charge in [-0.1, -0.05) is 24.3 Å². The van der Waals surface area contributed by atoms with Gasteiger partial charge >= 0.3 is 0 Å². The normalized spacial score (nSPS) is 48.5. The Hall–Kier alpha value is -2.60. The van der Waals surface area contributed by atoms with E-state index < -0.39 is 24.4 Å². The van der Waals surface area contributed by atoms with Crippen molar-refractivity contribution in [3.05, 3.63) is 48.5 Å². The van der Waals surface area contributed by atoms with E-state index in [2.05, 4.69) is 0 Å². The molecule has 3 aliphatic heterocycles. The Morgan fingerprint density at radius 2 is 0.659 bits per heavy atom. The zero-order chi connectivity index (χ0) is 29.7. The summed E-state index contributed by atoms with van der Waals surface area (Å²) in [5, 5.41) is 43.2. The van der Waals surface area contributed by atoms with Gasteiger partial charge in [-0.3, -0.25) is 0 Å². The average molecular weight is 609 g/mol. The minimum atomic E-state index is -0.761. The monoisotopic (exact) mass is 608 g/mol. The molecule has 2 saturated heterocycles. The summed E-state index contributed by atoms with van der Waals surface area (Å²) in [4.78, 5) is 0. The van der Waals surface area contributed by atoms with Crippen LogP contribution in [0.15, 0.2) is 48.5 Å². The van der Waals surface area contributed by atoms with Crippen LogP contribution in [0.2, 0.25) is 0 Å². The molecule has 2 aromatic rings. The van der Waals surface area contributed by atoms with Crippen LogP contribution in [0.1, 0.15) is 12.8 Å². The van der Waals surface area contributed by atoms with E-state index in [4.69, 9.17) is 28.4 Å². The van der Waals surface area contributed by atoms with E-state index in [-0.39, 0.29) is 98.2 Å². The second-order valence-corrected chi connectivity index (χ2v) is 14.0. The zero-order valence-electron chi connectivity index (χ0n) is 24.3. The second-order valence-electron chi connectivity index (χ2n) is 14.0. The van der Waals surface area contributed by atoms with Crippen LogP contribution in [0.5, 0.6) is 23.0 Å². The number of ether oxygens (including phenoxy) is 6. The Morgan fingerprint density at radius 3 is 0.909 bits per heavy atom. The summed E-state index contributed by atoms with van der Waals surface area (Å²) in [6.45, 7) is 1.13. The summed E-state index contributed by atoms with van der Waals surface area (Å²) in [5.74, 6) is 2.40. The van der Waals surface area contributed by atoms with Crippen molar-refractivity contribution < 1.29 is 48.8 Å². The standard InChI is InChI=1S/C34H40O10/c35-31-15-9-17(33(31)37)29-25-13-41-21-7-3-4-8-22(21)42-14-26-30-18-10-16(32(36)34(18)38)28(30)24(44-26)12-40-20-6-2-1-5-19(20)39-11-23(43-25)27(15)29/h1-8,15-18,23-38H,9-14H2/t15?,16?,17?,18?,23?,24?,25?,26?,27?,28?,29?,30?,31-,32-,33+,34+. The maximum Gasteiger partial charge on any atom is 0.161 e. The molecule has 10 heteroatoms. The van der Waals surface area contributed by atoms with E-state index >= 15 is 0 Å². The molecular formula is C34H40O10. The second kappa shape index (κ2) is 10.5. The molecule has 6 fully saturated rings. The van der Waals surface area contributed by atoms with E-state index in [1.807, 2.05) is 48.5 Å². The third kappa shape index (κ3) is 4.08. The van der Waals surface area contributed by atoms with Gasteiger partial charge in [0.05, 0.1) is 48.8 Å². The van der Waals surface area contributed by atoms with E-state index in [0.29, 0.717) is 23.0 Å². The summed E-state index contributed by atoms with van der Waals surface area (Å²) in [5.41, 5.74) is 0. The van der Waals surface area contributed by atoms with E-state index in [1.54, 1.807) is 0 Å². The summed E-state index contributed by atoms with van der Waals surface area (Å²) < 4.78 is 38.7. The molecule has 4 saturated carbocycles. The third-order valence-electron chi connectivity index (χ3n) is 12.1. The summed E-state index contributed by atoms with van der Waals surface area (Å²) in [6.07, 6.45) is -2.60. The maximum atomic E-state index is 10.8. The molecule has 0 spiro atoms. The van der Waals surface area contributed by atoms with Crippen molar-refractivity contribution in [2.24, 2.45) is 47.3 Å². The molecule has 12 unspecified atom stereocenters. The molecule has 8 bridgehead atoms. The Kier molecular flexibility index (Phi) is 6.59. The molecule has 7 aliphatic rings. The Balaban J connectivity index is 1.04. The molecule has 0 amide bonds. The smallest absolute Gasteiger partial charge is 0.161 e. The maximum absolute atomic E-state index is 10.8. The molecule has 2 aromatic carbocycles. The summed E-state index contributed by atoms with van der Waals surface area (Å²) in [7, 11) is 0. The molecule has 0 radical (unpaired) electrons. The first-order valence-electron chi connectivity index (χ1n) is 16.2. The molecule has 4 N–H and O–H groups in total. The summed E-state index contributed by atoms with van der Waals surface area (Å²) >= 11 is 0. The molecule has 16 atom stereocenters.